The van der Waals surface area contributed by atoms with Crippen LogP contribution in [0.5, 0.6) is 0 Å². The lowest BCUT2D eigenvalue weighted by Crippen LogP contribution is -2.17. The Kier molecular flexibility index (Phi) is 6.34. The number of nitrogens with one attached hydrogen (secondary N) is 2. The van der Waals surface area contributed by atoms with Gasteiger partial charge >= 0.3 is 0 Å². The van der Waals surface area contributed by atoms with Crippen molar-refractivity contribution in [2.75, 3.05) is 31.3 Å². The molecule has 2 heterocycles. The van der Waals surface area contributed by atoms with Gasteiger partial charge in [-0.15, -0.1) is 0 Å². The minimum atomic E-state index is -0.0877. The van der Waals surface area contributed by atoms with E-state index in [-0.39, 0.29) is 17.9 Å². The number of anilines is 1. The molecule has 0 unspecified atom stereocenters. The molecule has 1 saturated heterocycles. The second-order valence-electron chi connectivity index (χ2n) is 6.64. The molecule has 3 rings (SSSR count). The number of hydrogen-bond acceptors (Lipinski definition) is 6. The molecule has 0 radical (unpaired) electrons. The first-order valence-corrected chi connectivity index (χ1v) is 9.93. The Morgan fingerprint density at radius 3 is 2.77 bits per heavy atom. The SMILES string of the molecule is CCCc1cc(=O)[nH]c(SC[C@@H]2CN[C@H](c3ccc(N(C)C)cc3)O2)n1. The van der Waals surface area contributed by atoms with Crippen LogP contribution in [0.25, 0.3) is 0 Å². The van der Waals surface area contributed by atoms with Crippen molar-refractivity contribution >= 4 is 17.4 Å². The zero-order valence-electron chi connectivity index (χ0n) is 15.5. The summed E-state index contributed by atoms with van der Waals surface area (Å²) in [6.45, 7) is 2.87. The number of ether oxygens (including phenoxy) is 1. The molecule has 6 nitrogen and oxygen atoms in total. The van der Waals surface area contributed by atoms with Gasteiger partial charge in [0.1, 0.15) is 6.23 Å². The molecular formula is C19H26N4O2S. The standard InChI is InChI=1S/C19H26N4O2S/c1-4-5-14-10-17(24)22-19(21-14)26-12-16-11-20-18(25-16)13-6-8-15(9-7-13)23(2)3/h6-10,16,18,20H,4-5,11-12H2,1-3H3,(H,21,22,24)/t16-,18-/m0/s1. The first kappa shape index (κ1) is 18.9. The average molecular weight is 375 g/mol. The van der Waals surface area contributed by atoms with Crippen LogP contribution in [-0.4, -0.2) is 42.5 Å². The van der Waals surface area contributed by atoms with Crippen molar-refractivity contribution in [3.63, 3.8) is 0 Å². The molecule has 2 aromatic rings. The molecule has 1 aliphatic heterocycles. The number of rotatable bonds is 7. The number of nitrogens with zero attached hydrogens (tertiary/aromatic N) is 2. The highest BCUT2D eigenvalue weighted by molar-refractivity contribution is 7.99. The van der Waals surface area contributed by atoms with Gasteiger partial charge in [0, 0.05) is 43.8 Å². The molecule has 1 aromatic heterocycles. The van der Waals surface area contributed by atoms with E-state index in [1.54, 1.807) is 6.07 Å². The lowest BCUT2D eigenvalue weighted by molar-refractivity contribution is 0.0534. The summed E-state index contributed by atoms with van der Waals surface area (Å²) in [5, 5.41) is 4.08. The van der Waals surface area contributed by atoms with Gasteiger partial charge in [-0.25, -0.2) is 4.98 Å². The highest BCUT2D eigenvalue weighted by Gasteiger charge is 2.26. The Balaban J connectivity index is 1.55. The molecular weight excluding hydrogens is 348 g/mol. The third-order valence-corrected chi connectivity index (χ3v) is 5.26. The van der Waals surface area contributed by atoms with Gasteiger partial charge in [-0.2, -0.15) is 0 Å². The molecule has 2 atom stereocenters. The summed E-state index contributed by atoms with van der Waals surface area (Å²) in [4.78, 5) is 21.1. The topological polar surface area (TPSA) is 70.2 Å². The Morgan fingerprint density at radius 2 is 2.08 bits per heavy atom. The maximum atomic E-state index is 11.7. The lowest BCUT2D eigenvalue weighted by atomic mass is 10.2. The third kappa shape index (κ3) is 4.87. The predicted octanol–water partition coefficient (Wildman–Crippen LogP) is 2.57. The number of hydrogen-bond donors (Lipinski definition) is 2. The van der Waals surface area contributed by atoms with Gasteiger partial charge in [0.05, 0.1) is 6.10 Å². The highest BCUT2D eigenvalue weighted by Crippen LogP contribution is 2.26. The lowest BCUT2D eigenvalue weighted by Gasteiger charge is -2.16. The zero-order valence-corrected chi connectivity index (χ0v) is 16.3. The normalized spacial score (nSPS) is 19.7. The molecule has 0 amide bonds. The van der Waals surface area contributed by atoms with Crippen LogP contribution >= 0.6 is 11.8 Å². The van der Waals surface area contributed by atoms with Crippen LogP contribution in [0.3, 0.4) is 0 Å². The number of benzene rings is 1. The van der Waals surface area contributed by atoms with Crippen molar-refractivity contribution in [2.45, 2.75) is 37.3 Å². The summed E-state index contributed by atoms with van der Waals surface area (Å²) in [6, 6.07) is 9.95. The fraction of sp³-hybridized carbons (Fsp3) is 0.474. The molecule has 0 saturated carbocycles. The van der Waals surface area contributed by atoms with E-state index in [9.17, 15) is 4.79 Å². The molecule has 7 heteroatoms. The number of aryl methyl sites for hydroxylation is 1. The van der Waals surface area contributed by atoms with Crippen molar-refractivity contribution in [1.82, 2.24) is 15.3 Å². The summed E-state index contributed by atoms with van der Waals surface area (Å²) >= 11 is 1.54. The van der Waals surface area contributed by atoms with E-state index < -0.39 is 0 Å². The summed E-state index contributed by atoms with van der Waals surface area (Å²) in [5.74, 6) is 0.748. The zero-order chi connectivity index (χ0) is 18.5. The molecule has 0 bridgehead atoms. The van der Waals surface area contributed by atoms with Crippen molar-refractivity contribution in [1.29, 1.82) is 0 Å². The Labute approximate surface area is 158 Å². The number of H-pyrrole nitrogens is 1. The maximum absolute atomic E-state index is 11.7. The van der Waals surface area contributed by atoms with Gasteiger partial charge in [-0.3, -0.25) is 10.1 Å². The summed E-state index contributed by atoms with van der Waals surface area (Å²) < 4.78 is 6.11. The first-order valence-electron chi connectivity index (χ1n) is 8.94. The Bertz CT molecular complexity index is 776. The largest absolute Gasteiger partial charge is 0.378 e. The molecule has 1 fully saturated rings. The van der Waals surface area contributed by atoms with E-state index >= 15 is 0 Å². The number of aromatic amines is 1. The highest BCUT2D eigenvalue weighted by atomic mass is 32.2. The van der Waals surface area contributed by atoms with E-state index in [4.69, 9.17) is 4.74 Å². The molecule has 1 aromatic carbocycles. The third-order valence-electron chi connectivity index (χ3n) is 4.26. The molecule has 26 heavy (non-hydrogen) atoms. The number of aromatic nitrogens is 2. The average Bonchev–Trinajstić information content (AvgIpc) is 3.09. The van der Waals surface area contributed by atoms with Gasteiger partial charge in [0.2, 0.25) is 0 Å². The van der Waals surface area contributed by atoms with Crippen LogP contribution < -0.4 is 15.8 Å². The smallest absolute Gasteiger partial charge is 0.251 e. The van der Waals surface area contributed by atoms with Crippen LogP contribution in [0.2, 0.25) is 0 Å². The van der Waals surface area contributed by atoms with Crippen molar-refractivity contribution < 1.29 is 4.74 Å². The van der Waals surface area contributed by atoms with E-state index in [0.29, 0.717) is 5.16 Å². The fourth-order valence-corrected chi connectivity index (χ4v) is 3.77. The summed E-state index contributed by atoms with van der Waals surface area (Å²) in [5.41, 5.74) is 3.05. The molecule has 140 valence electrons. The van der Waals surface area contributed by atoms with Crippen LogP contribution in [-0.2, 0) is 11.2 Å². The monoisotopic (exact) mass is 374 g/mol. The molecule has 0 spiro atoms. The van der Waals surface area contributed by atoms with Gasteiger partial charge < -0.3 is 14.6 Å². The molecule has 0 aliphatic carbocycles. The van der Waals surface area contributed by atoms with E-state index in [1.165, 1.54) is 17.4 Å². The summed E-state index contributed by atoms with van der Waals surface area (Å²) in [6.07, 6.45) is 1.79. The van der Waals surface area contributed by atoms with Crippen molar-refractivity contribution in [2.24, 2.45) is 0 Å². The minimum Gasteiger partial charge on any atom is -0.378 e. The van der Waals surface area contributed by atoms with Crippen molar-refractivity contribution in [3.8, 4) is 0 Å². The van der Waals surface area contributed by atoms with Gasteiger partial charge in [0.25, 0.3) is 5.56 Å². The van der Waals surface area contributed by atoms with E-state index in [1.807, 2.05) is 14.1 Å². The van der Waals surface area contributed by atoms with Gasteiger partial charge in [-0.05, 0) is 24.1 Å². The summed E-state index contributed by atoms with van der Waals surface area (Å²) in [7, 11) is 4.06. The molecule has 2 N–H and O–H groups in total. The van der Waals surface area contributed by atoms with Crippen LogP contribution in [0, 0.1) is 0 Å². The first-order chi connectivity index (χ1) is 12.5. The van der Waals surface area contributed by atoms with Crippen LogP contribution in [0.4, 0.5) is 5.69 Å². The predicted molar refractivity (Wildman–Crippen MR) is 106 cm³/mol. The Morgan fingerprint density at radius 1 is 1.31 bits per heavy atom. The van der Waals surface area contributed by atoms with Crippen LogP contribution in [0.1, 0.15) is 30.8 Å². The second kappa shape index (κ2) is 8.70. The maximum Gasteiger partial charge on any atom is 0.251 e. The molecule has 1 aliphatic rings. The van der Waals surface area contributed by atoms with E-state index in [0.717, 1.165) is 36.4 Å². The quantitative estimate of drug-likeness (QED) is 0.573. The fourth-order valence-electron chi connectivity index (χ4n) is 2.88. The minimum absolute atomic E-state index is 0.0821. The number of thioether (sulfide) groups is 1. The van der Waals surface area contributed by atoms with Gasteiger partial charge in [-0.1, -0.05) is 37.2 Å². The second-order valence-corrected chi connectivity index (χ2v) is 7.64. The van der Waals surface area contributed by atoms with Crippen molar-refractivity contribution in [3.05, 3.63) is 51.9 Å². The van der Waals surface area contributed by atoms with Gasteiger partial charge in [0.15, 0.2) is 5.16 Å². The Hall–Kier alpha value is -1.83. The van der Waals surface area contributed by atoms with Crippen LogP contribution in [0.15, 0.2) is 40.3 Å². The van der Waals surface area contributed by atoms with E-state index in [2.05, 4.69) is 51.4 Å².